The predicted molar refractivity (Wildman–Crippen MR) is 99.4 cm³/mol. The summed E-state index contributed by atoms with van der Waals surface area (Å²) in [5.74, 6) is 0. The van der Waals surface area contributed by atoms with Gasteiger partial charge < -0.3 is 4.57 Å². The molecule has 1 aliphatic rings. The number of thiazole rings is 1. The largest absolute Gasteiger partial charge is 0.317 e. The monoisotopic (exact) mass is 380 g/mol. The van der Waals surface area contributed by atoms with Gasteiger partial charge in [0, 0.05) is 10.6 Å². The highest BCUT2D eigenvalue weighted by molar-refractivity contribution is 8.93. The Morgan fingerprint density at radius 1 is 1.09 bits per heavy atom. The summed E-state index contributed by atoms with van der Waals surface area (Å²) in [7, 11) is 0. The van der Waals surface area contributed by atoms with Crippen molar-refractivity contribution >= 4 is 28.3 Å². The van der Waals surface area contributed by atoms with E-state index in [1.54, 1.807) is 11.3 Å². The lowest BCUT2D eigenvalue weighted by Gasteiger charge is -2.19. The average Bonchev–Trinajstić information content (AvgIpc) is 2.75. The van der Waals surface area contributed by atoms with E-state index in [0.29, 0.717) is 4.80 Å². The quantitative estimate of drug-likeness (QED) is 0.772. The molecule has 0 saturated heterocycles. The van der Waals surface area contributed by atoms with Gasteiger partial charge in [0.2, 0.25) is 0 Å². The molecule has 0 bridgehead atoms. The lowest BCUT2D eigenvalue weighted by atomic mass is 9.87. The van der Waals surface area contributed by atoms with Crippen molar-refractivity contribution in [3.05, 3.63) is 50.8 Å². The van der Waals surface area contributed by atoms with Gasteiger partial charge in [0.25, 0.3) is 0 Å². The minimum atomic E-state index is 0. The number of hydrogen-bond acceptors (Lipinski definition) is 2. The van der Waals surface area contributed by atoms with Crippen LogP contribution < -0.4 is 4.80 Å². The van der Waals surface area contributed by atoms with Gasteiger partial charge in [-0.05, 0) is 42.2 Å². The number of rotatable bonds is 2. The maximum atomic E-state index is 8.24. The zero-order valence-electron chi connectivity index (χ0n) is 13.6. The summed E-state index contributed by atoms with van der Waals surface area (Å²) in [5, 5.41) is 8.24. The number of halogens is 1. The predicted octanol–water partition coefficient (Wildman–Crippen LogP) is 4.83. The number of nitrogens with one attached hydrogen (secondary N) is 1. The molecular weight excluding hydrogens is 356 g/mol. The van der Waals surface area contributed by atoms with Gasteiger partial charge in [0.05, 0.1) is 6.54 Å². The zero-order chi connectivity index (χ0) is 15.0. The molecule has 22 heavy (non-hydrogen) atoms. The average molecular weight is 381 g/mol. The summed E-state index contributed by atoms with van der Waals surface area (Å²) >= 11 is 1.67. The Morgan fingerprint density at radius 3 is 2.36 bits per heavy atom. The lowest BCUT2D eigenvalue weighted by molar-refractivity contribution is 0.589. The number of nitrogens with zero attached hydrogens (tertiary/aromatic N) is 1. The molecule has 4 heteroatoms. The van der Waals surface area contributed by atoms with Crippen molar-refractivity contribution in [2.24, 2.45) is 0 Å². The number of aryl methyl sites for hydroxylation is 1. The van der Waals surface area contributed by atoms with Crippen LogP contribution >= 0.6 is 28.3 Å². The Morgan fingerprint density at radius 2 is 1.73 bits per heavy atom. The molecule has 0 amide bonds. The third-order valence-electron chi connectivity index (χ3n) is 4.34. The molecule has 0 spiro atoms. The molecule has 1 N–H and O–H groups in total. The van der Waals surface area contributed by atoms with Crippen LogP contribution in [0.4, 0.5) is 0 Å². The van der Waals surface area contributed by atoms with E-state index in [1.807, 2.05) is 0 Å². The minimum Gasteiger partial charge on any atom is -0.317 e. The fourth-order valence-electron chi connectivity index (χ4n) is 3.01. The van der Waals surface area contributed by atoms with E-state index >= 15 is 0 Å². The van der Waals surface area contributed by atoms with E-state index in [4.69, 9.17) is 5.41 Å². The van der Waals surface area contributed by atoms with Crippen LogP contribution in [0.5, 0.6) is 0 Å². The molecule has 0 radical (unpaired) electrons. The molecule has 1 aromatic heterocycles. The molecule has 3 rings (SSSR count). The van der Waals surface area contributed by atoms with Gasteiger partial charge in [-0.2, -0.15) is 0 Å². The minimum absolute atomic E-state index is 0. The van der Waals surface area contributed by atoms with E-state index in [1.165, 1.54) is 41.0 Å². The molecule has 0 aliphatic heterocycles. The van der Waals surface area contributed by atoms with Crippen molar-refractivity contribution in [1.29, 1.82) is 5.41 Å². The van der Waals surface area contributed by atoms with Gasteiger partial charge in [-0.1, -0.05) is 45.0 Å². The first-order valence-electron chi connectivity index (χ1n) is 7.80. The van der Waals surface area contributed by atoms with Crippen molar-refractivity contribution in [2.45, 2.75) is 58.4 Å². The van der Waals surface area contributed by atoms with E-state index in [9.17, 15) is 0 Å². The van der Waals surface area contributed by atoms with Crippen LogP contribution in [-0.2, 0) is 24.8 Å². The Kier molecular flexibility index (Phi) is 5.33. The van der Waals surface area contributed by atoms with Crippen LogP contribution in [0.1, 0.15) is 55.3 Å². The Labute approximate surface area is 147 Å². The molecule has 0 atom stereocenters. The normalized spacial score (nSPS) is 14.3. The van der Waals surface area contributed by atoms with Gasteiger partial charge in [0.15, 0.2) is 4.80 Å². The van der Waals surface area contributed by atoms with Crippen LogP contribution in [0.15, 0.2) is 24.3 Å². The molecule has 0 unspecified atom stereocenters. The summed E-state index contributed by atoms with van der Waals surface area (Å²) in [6, 6.07) is 8.91. The Bertz CT molecular complexity index is 689. The second kappa shape index (κ2) is 6.71. The smallest absolute Gasteiger partial charge is 0.182 e. The number of hydrogen-bond donors (Lipinski definition) is 1. The van der Waals surface area contributed by atoms with Crippen molar-refractivity contribution in [2.75, 3.05) is 0 Å². The second-order valence-electron chi connectivity index (χ2n) is 7.02. The topological polar surface area (TPSA) is 28.8 Å². The molecule has 0 fully saturated rings. The van der Waals surface area contributed by atoms with Gasteiger partial charge in [-0.3, -0.25) is 5.41 Å². The standard InChI is InChI=1S/C18H24N2S.BrH/c1-18(2,3)14-10-8-13(9-11-14)12-20-15-6-4-5-7-16(15)21-17(20)19;/h8-11,19H,4-7,12H2,1-3H3;1H. The van der Waals surface area contributed by atoms with Crippen LogP contribution in [0.3, 0.4) is 0 Å². The molecule has 120 valence electrons. The van der Waals surface area contributed by atoms with E-state index < -0.39 is 0 Å². The maximum Gasteiger partial charge on any atom is 0.182 e. The summed E-state index contributed by atoms with van der Waals surface area (Å²) in [4.78, 5) is 2.15. The van der Waals surface area contributed by atoms with Crippen molar-refractivity contribution in [3.63, 3.8) is 0 Å². The number of fused-ring (bicyclic) bond motifs is 1. The van der Waals surface area contributed by atoms with Crippen LogP contribution in [-0.4, -0.2) is 4.57 Å². The van der Waals surface area contributed by atoms with Crippen LogP contribution in [0.25, 0.3) is 0 Å². The van der Waals surface area contributed by atoms with Crippen LogP contribution in [0, 0.1) is 5.41 Å². The van der Waals surface area contributed by atoms with E-state index in [0.717, 1.165) is 13.0 Å². The maximum absolute atomic E-state index is 8.24. The first kappa shape index (κ1) is 17.5. The lowest BCUT2D eigenvalue weighted by Crippen LogP contribution is -2.18. The summed E-state index contributed by atoms with van der Waals surface area (Å²) in [5.41, 5.74) is 4.28. The summed E-state index contributed by atoms with van der Waals surface area (Å²) in [6.07, 6.45) is 4.87. The van der Waals surface area contributed by atoms with Gasteiger partial charge in [0.1, 0.15) is 0 Å². The molecular formula is C18H25BrN2S. The Balaban J connectivity index is 0.00000176. The van der Waals surface area contributed by atoms with Crippen molar-refractivity contribution < 1.29 is 0 Å². The van der Waals surface area contributed by atoms with E-state index in [2.05, 4.69) is 49.6 Å². The highest BCUT2D eigenvalue weighted by Gasteiger charge is 2.17. The molecule has 2 aromatic rings. The molecule has 0 saturated carbocycles. The van der Waals surface area contributed by atoms with Gasteiger partial charge in [-0.25, -0.2) is 0 Å². The fourth-order valence-corrected chi connectivity index (χ4v) is 4.11. The van der Waals surface area contributed by atoms with Gasteiger partial charge in [-0.15, -0.1) is 28.3 Å². The molecule has 1 heterocycles. The third kappa shape index (κ3) is 3.54. The SMILES string of the molecule is Br.CC(C)(C)c1ccc(Cn2c3c(sc2=N)CCCC3)cc1. The zero-order valence-corrected chi connectivity index (χ0v) is 16.1. The molecule has 2 nitrogen and oxygen atoms in total. The van der Waals surface area contributed by atoms with Crippen molar-refractivity contribution in [3.8, 4) is 0 Å². The summed E-state index contributed by atoms with van der Waals surface area (Å²) < 4.78 is 2.21. The summed E-state index contributed by atoms with van der Waals surface area (Å²) in [6.45, 7) is 7.57. The number of aromatic nitrogens is 1. The molecule has 1 aliphatic carbocycles. The van der Waals surface area contributed by atoms with Crippen LogP contribution in [0.2, 0.25) is 0 Å². The fraction of sp³-hybridized carbons (Fsp3) is 0.500. The molecule has 1 aromatic carbocycles. The van der Waals surface area contributed by atoms with Gasteiger partial charge >= 0.3 is 0 Å². The van der Waals surface area contributed by atoms with Crippen molar-refractivity contribution in [1.82, 2.24) is 4.57 Å². The highest BCUT2D eigenvalue weighted by atomic mass is 79.9. The Hall–Kier alpha value is -0.870. The van der Waals surface area contributed by atoms with E-state index in [-0.39, 0.29) is 22.4 Å². The first-order chi connectivity index (χ1) is 9.95. The highest BCUT2D eigenvalue weighted by Crippen LogP contribution is 2.25. The first-order valence-corrected chi connectivity index (χ1v) is 8.62. The number of benzene rings is 1. The third-order valence-corrected chi connectivity index (χ3v) is 5.44. The second-order valence-corrected chi connectivity index (χ2v) is 8.10.